The molecule has 0 aliphatic rings. The Morgan fingerprint density at radius 3 is 2.81 bits per heavy atom. The summed E-state index contributed by atoms with van der Waals surface area (Å²) in [5.41, 5.74) is 0.319. The molecule has 1 aromatic carbocycles. The zero-order valence-electron chi connectivity index (χ0n) is 9.26. The van der Waals surface area contributed by atoms with E-state index in [2.05, 4.69) is 5.32 Å². The molecule has 1 amide bonds. The second-order valence-electron chi connectivity index (χ2n) is 3.57. The molecule has 0 saturated heterocycles. The Balaban J connectivity index is 2.49. The highest BCUT2D eigenvalue weighted by atomic mass is 35.5. The van der Waals surface area contributed by atoms with Crippen molar-refractivity contribution in [1.82, 2.24) is 4.90 Å². The lowest BCUT2D eigenvalue weighted by atomic mass is 10.3. The summed E-state index contributed by atoms with van der Waals surface area (Å²) < 4.78 is 13.4. The van der Waals surface area contributed by atoms with Gasteiger partial charge in [0.15, 0.2) is 5.82 Å². The number of nitrogens with zero attached hydrogens (tertiary/aromatic N) is 1. The van der Waals surface area contributed by atoms with Gasteiger partial charge in [0.2, 0.25) is 5.91 Å². The van der Waals surface area contributed by atoms with Crippen molar-refractivity contribution in [2.75, 3.05) is 26.0 Å². The Labute approximate surface area is 99.2 Å². The van der Waals surface area contributed by atoms with E-state index in [0.29, 0.717) is 18.7 Å². The maximum Gasteiger partial charge on any atom is 0.223 e. The highest BCUT2D eigenvalue weighted by Crippen LogP contribution is 2.21. The van der Waals surface area contributed by atoms with Gasteiger partial charge < -0.3 is 10.2 Å². The lowest BCUT2D eigenvalue weighted by Gasteiger charge is -2.11. The molecule has 1 N–H and O–H groups in total. The van der Waals surface area contributed by atoms with Crippen molar-refractivity contribution in [3.8, 4) is 0 Å². The molecular weight excluding hydrogens is 231 g/mol. The van der Waals surface area contributed by atoms with Crippen LogP contribution in [0.2, 0.25) is 5.02 Å². The zero-order valence-corrected chi connectivity index (χ0v) is 10.0. The molecular formula is C11H14ClFN2O. The molecule has 0 aliphatic heterocycles. The third-order valence-corrected chi connectivity index (χ3v) is 2.40. The molecule has 0 atom stereocenters. The van der Waals surface area contributed by atoms with E-state index in [9.17, 15) is 9.18 Å². The van der Waals surface area contributed by atoms with Crippen LogP contribution in [0.1, 0.15) is 6.42 Å². The quantitative estimate of drug-likeness (QED) is 0.882. The number of carbonyl (C=O) groups is 1. The molecule has 0 aliphatic carbocycles. The summed E-state index contributed by atoms with van der Waals surface area (Å²) in [6.45, 7) is 0.383. The van der Waals surface area contributed by atoms with Crippen molar-refractivity contribution in [1.29, 1.82) is 0 Å². The average molecular weight is 245 g/mol. The summed E-state index contributed by atoms with van der Waals surface area (Å²) in [4.78, 5) is 12.7. The van der Waals surface area contributed by atoms with Crippen LogP contribution in [0.25, 0.3) is 0 Å². The van der Waals surface area contributed by atoms with Crippen LogP contribution in [0, 0.1) is 5.82 Å². The van der Waals surface area contributed by atoms with Crippen molar-refractivity contribution in [2.45, 2.75) is 6.42 Å². The molecule has 0 radical (unpaired) electrons. The molecule has 0 bridgehead atoms. The molecule has 0 aromatic heterocycles. The van der Waals surface area contributed by atoms with E-state index >= 15 is 0 Å². The summed E-state index contributed by atoms with van der Waals surface area (Å²) in [7, 11) is 3.37. The molecule has 0 spiro atoms. The van der Waals surface area contributed by atoms with Crippen molar-refractivity contribution in [3.05, 3.63) is 29.0 Å². The van der Waals surface area contributed by atoms with Crippen LogP contribution in [0.3, 0.4) is 0 Å². The Morgan fingerprint density at radius 1 is 1.50 bits per heavy atom. The van der Waals surface area contributed by atoms with Crippen LogP contribution >= 0.6 is 11.6 Å². The van der Waals surface area contributed by atoms with Gasteiger partial charge in [-0.2, -0.15) is 0 Å². The summed E-state index contributed by atoms with van der Waals surface area (Å²) >= 11 is 5.62. The van der Waals surface area contributed by atoms with Crippen LogP contribution in [0.4, 0.5) is 10.1 Å². The number of anilines is 1. The predicted octanol–water partition coefficient (Wildman–Crippen LogP) is 2.37. The second kappa shape index (κ2) is 5.70. The molecule has 1 rings (SSSR count). The zero-order chi connectivity index (χ0) is 12.1. The Bertz CT molecular complexity index is 382. The minimum absolute atomic E-state index is 0.00469. The first kappa shape index (κ1) is 12.8. The van der Waals surface area contributed by atoms with Gasteiger partial charge in [-0.25, -0.2) is 4.39 Å². The number of hydrogen-bond donors (Lipinski definition) is 1. The van der Waals surface area contributed by atoms with Crippen molar-refractivity contribution < 1.29 is 9.18 Å². The fourth-order valence-electron chi connectivity index (χ4n) is 1.17. The Hall–Kier alpha value is -1.29. The minimum Gasteiger partial charge on any atom is -0.382 e. The topological polar surface area (TPSA) is 32.3 Å². The average Bonchev–Trinajstić information content (AvgIpc) is 2.24. The molecule has 0 fully saturated rings. The van der Waals surface area contributed by atoms with E-state index < -0.39 is 5.82 Å². The van der Waals surface area contributed by atoms with Gasteiger partial charge >= 0.3 is 0 Å². The molecule has 16 heavy (non-hydrogen) atoms. The maximum absolute atomic E-state index is 13.4. The number of hydrogen-bond acceptors (Lipinski definition) is 2. The number of rotatable bonds is 4. The number of benzene rings is 1. The lowest BCUT2D eigenvalue weighted by molar-refractivity contribution is -0.128. The van der Waals surface area contributed by atoms with Gasteiger partial charge in [-0.1, -0.05) is 17.7 Å². The Morgan fingerprint density at radius 2 is 2.19 bits per heavy atom. The van der Waals surface area contributed by atoms with Gasteiger partial charge in [-0.15, -0.1) is 0 Å². The fraction of sp³-hybridized carbons (Fsp3) is 0.364. The smallest absolute Gasteiger partial charge is 0.223 e. The van der Waals surface area contributed by atoms with E-state index in [0.717, 1.165) is 0 Å². The van der Waals surface area contributed by atoms with Crippen LogP contribution < -0.4 is 5.32 Å². The first-order valence-corrected chi connectivity index (χ1v) is 5.28. The van der Waals surface area contributed by atoms with Crippen molar-refractivity contribution in [3.63, 3.8) is 0 Å². The molecule has 0 heterocycles. The number of nitrogens with one attached hydrogen (secondary N) is 1. The number of halogens is 2. The predicted molar refractivity (Wildman–Crippen MR) is 63.2 cm³/mol. The third kappa shape index (κ3) is 3.38. The SMILES string of the molecule is CN(C)C(=O)CCNc1cccc(Cl)c1F. The molecule has 3 nitrogen and oxygen atoms in total. The standard InChI is InChI=1S/C11H14ClFN2O/c1-15(2)10(16)6-7-14-9-5-3-4-8(12)11(9)13/h3-5,14H,6-7H2,1-2H3. The van der Waals surface area contributed by atoms with Gasteiger partial charge in [-0.05, 0) is 12.1 Å². The minimum atomic E-state index is -0.485. The van der Waals surface area contributed by atoms with E-state index in [1.807, 2.05) is 0 Å². The normalized spacial score (nSPS) is 10.0. The van der Waals surface area contributed by atoms with E-state index in [4.69, 9.17) is 11.6 Å². The highest BCUT2D eigenvalue weighted by molar-refractivity contribution is 6.31. The van der Waals surface area contributed by atoms with Crippen LogP contribution in [0.15, 0.2) is 18.2 Å². The largest absolute Gasteiger partial charge is 0.382 e. The van der Waals surface area contributed by atoms with Crippen molar-refractivity contribution in [2.24, 2.45) is 0 Å². The molecule has 0 unspecified atom stereocenters. The first-order valence-electron chi connectivity index (χ1n) is 4.90. The Kier molecular flexibility index (Phi) is 4.55. The van der Waals surface area contributed by atoms with Crippen molar-refractivity contribution >= 4 is 23.2 Å². The fourth-order valence-corrected chi connectivity index (χ4v) is 1.34. The monoisotopic (exact) mass is 244 g/mol. The van der Waals surface area contributed by atoms with Gasteiger partial charge in [0.25, 0.3) is 0 Å². The first-order chi connectivity index (χ1) is 7.52. The maximum atomic E-state index is 13.4. The highest BCUT2D eigenvalue weighted by Gasteiger charge is 2.07. The molecule has 5 heteroatoms. The number of amides is 1. The van der Waals surface area contributed by atoms with E-state index in [-0.39, 0.29) is 10.9 Å². The second-order valence-corrected chi connectivity index (χ2v) is 3.97. The summed E-state index contributed by atoms with van der Waals surface area (Å²) in [5, 5.41) is 2.91. The summed E-state index contributed by atoms with van der Waals surface area (Å²) in [5.74, 6) is -0.489. The van der Waals surface area contributed by atoms with Crippen LogP contribution in [0.5, 0.6) is 0 Å². The molecule has 1 aromatic rings. The van der Waals surface area contributed by atoms with Crippen LogP contribution in [-0.2, 0) is 4.79 Å². The number of carbonyl (C=O) groups excluding carboxylic acids is 1. The lowest BCUT2D eigenvalue weighted by Crippen LogP contribution is -2.24. The van der Waals surface area contributed by atoms with E-state index in [1.54, 1.807) is 26.2 Å². The van der Waals surface area contributed by atoms with Crippen LogP contribution in [-0.4, -0.2) is 31.4 Å². The van der Waals surface area contributed by atoms with Gasteiger partial charge in [0, 0.05) is 27.1 Å². The van der Waals surface area contributed by atoms with E-state index in [1.165, 1.54) is 11.0 Å². The summed E-state index contributed by atoms with van der Waals surface area (Å²) in [6, 6.07) is 4.72. The summed E-state index contributed by atoms with van der Waals surface area (Å²) in [6.07, 6.45) is 0.318. The molecule has 0 saturated carbocycles. The third-order valence-electron chi connectivity index (χ3n) is 2.10. The molecule has 88 valence electrons. The van der Waals surface area contributed by atoms with Gasteiger partial charge in [0.05, 0.1) is 10.7 Å². The van der Waals surface area contributed by atoms with Gasteiger partial charge in [-0.3, -0.25) is 4.79 Å². The van der Waals surface area contributed by atoms with Gasteiger partial charge in [0.1, 0.15) is 0 Å².